The van der Waals surface area contributed by atoms with Gasteiger partial charge >= 0.3 is 0 Å². The highest BCUT2D eigenvalue weighted by molar-refractivity contribution is 7.16. The zero-order valence-electron chi connectivity index (χ0n) is 13.3. The van der Waals surface area contributed by atoms with Crippen molar-refractivity contribution in [3.63, 3.8) is 0 Å². The molecule has 0 aliphatic carbocycles. The van der Waals surface area contributed by atoms with Gasteiger partial charge in [0.1, 0.15) is 0 Å². The quantitative estimate of drug-likeness (QED) is 0.932. The minimum Gasteiger partial charge on any atom is -0.362 e. The van der Waals surface area contributed by atoms with E-state index in [4.69, 9.17) is 4.98 Å². The van der Waals surface area contributed by atoms with Crippen molar-refractivity contribution in [2.24, 2.45) is 0 Å². The number of aromatic nitrogens is 1. The molecule has 1 aromatic heterocycles. The van der Waals surface area contributed by atoms with Crippen LogP contribution < -0.4 is 10.2 Å². The van der Waals surface area contributed by atoms with Gasteiger partial charge < -0.3 is 10.2 Å². The van der Waals surface area contributed by atoms with E-state index >= 15 is 0 Å². The lowest BCUT2D eigenvalue weighted by atomic mass is 10.1. The van der Waals surface area contributed by atoms with Gasteiger partial charge in [0.15, 0.2) is 5.13 Å². The van der Waals surface area contributed by atoms with E-state index in [1.165, 1.54) is 10.4 Å². The fraction of sp³-hybridized carbons (Fsp3) is 0.412. The number of nitrogens with one attached hydrogen (secondary N) is 1. The average molecular weight is 315 g/mol. The highest BCUT2D eigenvalue weighted by Gasteiger charge is 2.23. The first-order valence-electron chi connectivity index (χ1n) is 7.73. The van der Waals surface area contributed by atoms with E-state index in [1.54, 1.807) is 18.3 Å². The maximum absolute atomic E-state index is 11.6. The smallest absolute Gasteiger partial charge is 0.223 e. The molecule has 2 aromatic rings. The van der Waals surface area contributed by atoms with Gasteiger partial charge in [0.2, 0.25) is 5.91 Å². The normalized spacial score (nSPS) is 13.3. The summed E-state index contributed by atoms with van der Waals surface area (Å²) in [4.78, 5) is 19.4. The first-order valence-corrected chi connectivity index (χ1v) is 8.54. The van der Waals surface area contributed by atoms with Gasteiger partial charge in [0, 0.05) is 36.1 Å². The lowest BCUT2D eigenvalue weighted by molar-refractivity contribution is -0.116. The van der Waals surface area contributed by atoms with Crippen molar-refractivity contribution in [1.82, 2.24) is 4.98 Å². The van der Waals surface area contributed by atoms with Crippen LogP contribution in [0.15, 0.2) is 18.2 Å². The molecule has 1 aromatic carbocycles. The molecule has 1 aliphatic heterocycles. The Hall–Kier alpha value is -1.88. The fourth-order valence-corrected chi connectivity index (χ4v) is 3.71. The molecule has 4 nitrogen and oxygen atoms in total. The number of hydrogen-bond acceptors (Lipinski definition) is 4. The number of hydrogen-bond donors (Lipinski definition) is 1. The monoisotopic (exact) mass is 315 g/mol. The van der Waals surface area contributed by atoms with Crippen LogP contribution in [0, 0.1) is 6.92 Å². The Labute approximate surface area is 135 Å². The molecule has 0 saturated carbocycles. The number of benzene rings is 1. The van der Waals surface area contributed by atoms with Crippen molar-refractivity contribution in [2.45, 2.75) is 33.6 Å². The van der Waals surface area contributed by atoms with Crippen LogP contribution in [-0.2, 0) is 11.2 Å². The summed E-state index contributed by atoms with van der Waals surface area (Å²) in [5, 5.41) is 4.34. The topological polar surface area (TPSA) is 45.2 Å². The number of aryl methyl sites for hydroxylation is 1. The van der Waals surface area contributed by atoms with Gasteiger partial charge in [-0.2, -0.15) is 0 Å². The van der Waals surface area contributed by atoms with E-state index in [-0.39, 0.29) is 5.91 Å². The van der Waals surface area contributed by atoms with E-state index in [9.17, 15) is 4.79 Å². The van der Waals surface area contributed by atoms with E-state index in [0.29, 0.717) is 0 Å². The molecule has 2 heterocycles. The predicted octanol–water partition coefficient (Wildman–Crippen LogP) is 3.85. The summed E-state index contributed by atoms with van der Waals surface area (Å²) in [6.07, 6.45) is 2.01. The van der Waals surface area contributed by atoms with Crippen LogP contribution in [0.25, 0.3) is 11.3 Å². The number of rotatable bonds is 4. The summed E-state index contributed by atoms with van der Waals surface area (Å²) >= 11 is 1.70. The van der Waals surface area contributed by atoms with Crippen LogP contribution in [0.4, 0.5) is 10.8 Å². The molecule has 1 amide bonds. The summed E-state index contributed by atoms with van der Waals surface area (Å²) < 4.78 is 0. The van der Waals surface area contributed by atoms with Crippen molar-refractivity contribution in [3.05, 3.63) is 28.6 Å². The third-order valence-electron chi connectivity index (χ3n) is 3.95. The number of anilines is 2. The van der Waals surface area contributed by atoms with Crippen molar-refractivity contribution in [2.75, 3.05) is 23.3 Å². The largest absolute Gasteiger partial charge is 0.362 e. The summed E-state index contributed by atoms with van der Waals surface area (Å²) in [5.41, 5.74) is 4.48. The standard InChI is InChI=1S/C17H21N3OS/c1-4-8-18-17-19-16(11(2)22-17)14-5-6-15-13(10-14)7-9-20(15)12(3)21/h5-6,10H,4,7-9H2,1-3H3,(H,18,19). The van der Waals surface area contributed by atoms with Crippen LogP contribution in [0.2, 0.25) is 0 Å². The van der Waals surface area contributed by atoms with Crippen molar-refractivity contribution < 1.29 is 4.79 Å². The third-order valence-corrected chi connectivity index (χ3v) is 4.88. The Bertz CT molecular complexity index is 708. The molecule has 0 atom stereocenters. The molecule has 0 fully saturated rings. The molecule has 1 N–H and O–H groups in total. The second-order valence-electron chi connectivity index (χ2n) is 5.61. The Morgan fingerprint density at radius 2 is 2.27 bits per heavy atom. The zero-order chi connectivity index (χ0) is 15.7. The maximum atomic E-state index is 11.6. The fourth-order valence-electron chi connectivity index (χ4n) is 2.85. The molecule has 22 heavy (non-hydrogen) atoms. The summed E-state index contributed by atoms with van der Waals surface area (Å²) in [6.45, 7) is 7.62. The van der Waals surface area contributed by atoms with Crippen LogP contribution in [-0.4, -0.2) is 24.0 Å². The molecular weight excluding hydrogens is 294 g/mol. The number of nitrogens with zero attached hydrogens (tertiary/aromatic N) is 2. The summed E-state index contributed by atoms with van der Waals surface area (Å²) in [7, 11) is 0. The molecule has 5 heteroatoms. The van der Waals surface area contributed by atoms with Crippen molar-refractivity contribution in [1.29, 1.82) is 0 Å². The highest BCUT2D eigenvalue weighted by atomic mass is 32.1. The zero-order valence-corrected chi connectivity index (χ0v) is 14.1. The van der Waals surface area contributed by atoms with Crippen LogP contribution in [0.3, 0.4) is 0 Å². The molecule has 0 radical (unpaired) electrons. The second kappa shape index (κ2) is 6.08. The molecule has 3 rings (SSSR count). The van der Waals surface area contributed by atoms with Gasteiger partial charge in [0.25, 0.3) is 0 Å². The Morgan fingerprint density at radius 3 is 3.00 bits per heavy atom. The molecule has 0 saturated heterocycles. The van der Waals surface area contributed by atoms with Gasteiger partial charge in [-0.25, -0.2) is 4.98 Å². The van der Waals surface area contributed by atoms with Crippen LogP contribution in [0.1, 0.15) is 30.7 Å². The first-order chi connectivity index (χ1) is 10.6. The lowest BCUT2D eigenvalue weighted by Crippen LogP contribution is -2.25. The van der Waals surface area contributed by atoms with Crippen molar-refractivity contribution in [3.8, 4) is 11.3 Å². The number of carbonyl (C=O) groups excluding carboxylic acids is 1. The Morgan fingerprint density at radius 1 is 1.45 bits per heavy atom. The van der Waals surface area contributed by atoms with E-state index in [0.717, 1.165) is 48.0 Å². The predicted molar refractivity (Wildman–Crippen MR) is 92.8 cm³/mol. The van der Waals surface area contributed by atoms with Crippen molar-refractivity contribution >= 4 is 28.1 Å². The maximum Gasteiger partial charge on any atom is 0.223 e. The lowest BCUT2D eigenvalue weighted by Gasteiger charge is -2.14. The Balaban J connectivity index is 1.91. The van der Waals surface area contributed by atoms with E-state index in [1.807, 2.05) is 4.90 Å². The van der Waals surface area contributed by atoms with Gasteiger partial charge in [-0.1, -0.05) is 13.0 Å². The first kappa shape index (κ1) is 15.0. The van der Waals surface area contributed by atoms with Gasteiger partial charge in [0.05, 0.1) is 5.69 Å². The summed E-state index contributed by atoms with van der Waals surface area (Å²) in [6, 6.07) is 6.31. The molecule has 116 valence electrons. The van der Waals surface area contributed by atoms with E-state index in [2.05, 4.69) is 37.4 Å². The SMILES string of the molecule is CCCNc1nc(-c2ccc3c(c2)CCN3C(C)=O)c(C)s1. The number of fused-ring (bicyclic) bond motifs is 1. The van der Waals surface area contributed by atoms with Gasteiger partial charge in [-0.3, -0.25) is 4.79 Å². The molecule has 0 spiro atoms. The molecule has 1 aliphatic rings. The second-order valence-corrected chi connectivity index (χ2v) is 6.82. The number of thiazole rings is 1. The Kier molecular flexibility index (Phi) is 4.16. The summed E-state index contributed by atoms with van der Waals surface area (Å²) in [5.74, 6) is 0.113. The molecular formula is C17H21N3OS. The average Bonchev–Trinajstić information content (AvgIpc) is 3.07. The third kappa shape index (κ3) is 2.73. The number of carbonyl (C=O) groups is 1. The van der Waals surface area contributed by atoms with Gasteiger partial charge in [-0.05, 0) is 37.5 Å². The van der Waals surface area contributed by atoms with E-state index < -0.39 is 0 Å². The molecule has 0 bridgehead atoms. The van der Waals surface area contributed by atoms with Crippen LogP contribution in [0.5, 0.6) is 0 Å². The number of amides is 1. The molecule has 0 unspecified atom stereocenters. The minimum absolute atomic E-state index is 0.113. The minimum atomic E-state index is 0.113. The van der Waals surface area contributed by atoms with Gasteiger partial charge in [-0.15, -0.1) is 11.3 Å². The highest BCUT2D eigenvalue weighted by Crippen LogP contribution is 2.35. The van der Waals surface area contributed by atoms with Crippen LogP contribution >= 0.6 is 11.3 Å².